The van der Waals surface area contributed by atoms with Crippen LogP contribution in [0.4, 0.5) is 11.4 Å². The third-order valence-corrected chi connectivity index (χ3v) is 9.59. The van der Waals surface area contributed by atoms with E-state index in [9.17, 15) is 22.9 Å². The number of benzene rings is 2. The third kappa shape index (κ3) is 5.31. The van der Waals surface area contributed by atoms with Gasteiger partial charge < -0.3 is 10.0 Å². The number of aromatic carboxylic acids is 1. The first-order valence-corrected chi connectivity index (χ1v) is 16.1. The Balaban J connectivity index is 1.64. The molecule has 0 spiro atoms. The van der Waals surface area contributed by atoms with Crippen molar-refractivity contribution in [2.75, 3.05) is 18.0 Å². The molecule has 2 aliphatic heterocycles. The Bertz CT molecular complexity index is 1880. The summed E-state index contributed by atoms with van der Waals surface area (Å²) < 4.78 is 35.8. The molecule has 5 rings (SSSR count). The Hall–Kier alpha value is -4.34. The molecule has 0 atom stereocenters. The zero-order valence-corrected chi connectivity index (χ0v) is 26.7. The summed E-state index contributed by atoms with van der Waals surface area (Å²) in [7, 11) is -4.35. The average molecular weight is 613 g/mol. The second kappa shape index (κ2) is 11.3. The maximum atomic E-state index is 11.9. The Morgan fingerprint density at radius 2 is 1.73 bits per heavy atom. The highest BCUT2D eigenvalue weighted by Gasteiger charge is 2.43. The number of rotatable bonds is 8. The standard InChI is InChI=1S/C35H37N3O5S/c1-7-37-29-12-10-9-11-26(29)34(3,4)31(37)19-14-23(28-17-13-24(22-36-28)33(39)40)15-20-32-35(5,6)27-21-25(44(41,42)43)16-18-30(27)38(32)8-2/h9-22H,7-8H2,1-6H3,(H-,39,40,41,42,43)/p+1. The fraction of sp³-hybridized carbons (Fsp3) is 0.286. The minimum Gasteiger partial charge on any atom is -0.478 e. The van der Waals surface area contributed by atoms with Crippen LogP contribution in [-0.4, -0.2) is 52.4 Å². The summed E-state index contributed by atoms with van der Waals surface area (Å²) >= 11 is 0. The topological polar surface area (TPSA) is 111 Å². The van der Waals surface area contributed by atoms with Crippen molar-refractivity contribution in [3.63, 3.8) is 0 Å². The van der Waals surface area contributed by atoms with Crippen LogP contribution in [0.5, 0.6) is 0 Å². The van der Waals surface area contributed by atoms with Crippen LogP contribution in [0, 0.1) is 0 Å². The predicted octanol–water partition coefficient (Wildman–Crippen LogP) is 6.76. The van der Waals surface area contributed by atoms with Crippen LogP contribution >= 0.6 is 0 Å². The lowest BCUT2D eigenvalue weighted by atomic mass is 9.81. The molecule has 0 saturated carbocycles. The van der Waals surface area contributed by atoms with Gasteiger partial charge >= 0.3 is 5.97 Å². The van der Waals surface area contributed by atoms with E-state index in [1.165, 1.54) is 23.5 Å². The van der Waals surface area contributed by atoms with Crippen molar-refractivity contribution < 1.29 is 27.4 Å². The van der Waals surface area contributed by atoms with Crippen molar-refractivity contribution in [1.29, 1.82) is 0 Å². The molecule has 0 aliphatic carbocycles. The van der Waals surface area contributed by atoms with Gasteiger partial charge in [-0.05, 0) is 75.7 Å². The largest absolute Gasteiger partial charge is 0.478 e. The van der Waals surface area contributed by atoms with Gasteiger partial charge in [0.1, 0.15) is 6.54 Å². The van der Waals surface area contributed by atoms with E-state index in [0.717, 1.165) is 34.8 Å². The fourth-order valence-corrected chi connectivity index (χ4v) is 6.90. The molecular weight excluding hydrogens is 574 g/mol. The first kappa shape index (κ1) is 31.1. The van der Waals surface area contributed by atoms with E-state index in [2.05, 4.69) is 65.6 Å². The number of pyridine rings is 1. The number of carbonyl (C=O) groups is 1. The Labute approximate surface area is 259 Å². The molecule has 2 N–H and O–H groups in total. The quantitative estimate of drug-likeness (QED) is 0.164. The molecule has 1 aromatic heterocycles. The van der Waals surface area contributed by atoms with Crippen molar-refractivity contribution in [2.24, 2.45) is 0 Å². The predicted molar refractivity (Wildman–Crippen MR) is 174 cm³/mol. The van der Waals surface area contributed by atoms with Crippen LogP contribution in [-0.2, 0) is 20.9 Å². The molecule has 0 unspecified atom stereocenters. The number of hydrogen-bond acceptors (Lipinski definition) is 5. The van der Waals surface area contributed by atoms with Gasteiger partial charge in [0.25, 0.3) is 10.1 Å². The van der Waals surface area contributed by atoms with E-state index in [4.69, 9.17) is 0 Å². The SMILES string of the molecule is CCN1C(=CC=C(C=CC2=[N+](CC)c3ccccc3C2(C)C)c2ccc(C(=O)O)cn2)C(C)(C)c2cc(S(=O)(=O)O)ccc21. The monoisotopic (exact) mass is 612 g/mol. The Morgan fingerprint density at radius 1 is 1.00 bits per heavy atom. The number of para-hydroxylation sites is 1. The van der Waals surface area contributed by atoms with Crippen LogP contribution in [0.25, 0.3) is 5.57 Å². The van der Waals surface area contributed by atoms with Gasteiger partial charge in [-0.3, -0.25) is 9.54 Å². The Morgan fingerprint density at radius 3 is 2.34 bits per heavy atom. The molecule has 9 heteroatoms. The van der Waals surface area contributed by atoms with Crippen LogP contribution < -0.4 is 4.90 Å². The highest BCUT2D eigenvalue weighted by atomic mass is 32.2. The van der Waals surface area contributed by atoms with Gasteiger partial charge in [-0.2, -0.15) is 13.0 Å². The molecule has 0 saturated heterocycles. The van der Waals surface area contributed by atoms with Crippen LogP contribution in [0.2, 0.25) is 0 Å². The maximum Gasteiger partial charge on any atom is 0.337 e. The molecule has 0 bridgehead atoms. The molecule has 8 nitrogen and oxygen atoms in total. The van der Waals surface area contributed by atoms with Gasteiger partial charge in [0.2, 0.25) is 5.69 Å². The minimum absolute atomic E-state index is 0.105. The van der Waals surface area contributed by atoms with Gasteiger partial charge in [0.05, 0.1) is 21.6 Å². The summed E-state index contributed by atoms with van der Waals surface area (Å²) in [5.41, 5.74) is 6.92. The van der Waals surface area contributed by atoms with E-state index in [1.807, 2.05) is 39.0 Å². The smallest absolute Gasteiger partial charge is 0.337 e. The third-order valence-electron chi connectivity index (χ3n) is 8.74. The molecule has 0 radical (unpaired) electrons. The van der Waals surface area contributed by atoms with Gasteiger partial charge in [0.15, 0.2) is 5.71 Å². The van der Waals surface area contributed by atoms with E-state index < -0.39 is 21.5 Å². The summed E-state index contributed by atoms with van der Waals surface area (Å²) in [5.74, 6) is -1.04. The van der Waals surface area contributed by atoms with Gasteiger partial charge in [-0.15, -0.1) is 0 Å². The number of carboxylic acids is 1. The molecule has 0 amide bonds. The summed E-state index contributed by atoms with van der Waals surface area (Å²) in [4.78, 5) is 18.0. The molecule has 2 aromatic carbocycles. The van der Waals surface area contributed by atoms with Gasteiger partial charge in [-0.1, -0.05) is 38.1 Å². The summed E-state index contributed by atoms with van der Waals surface area (Å²) in [5, 5.41) is 9.43. The van der Waals surface area contributed by atoms with Crippen LogP contribution in [0.15, 0.2) is 95.7 Å². The van der Waals surface area contributed by atoms with Crippen molar-refractivity contribution >= 4 is 38.7 Å². The highest BCUT2D eigenvalue weighted by Crippen LogP contribution is 2.48. The summed E-state index contributed by atoms with van der Waals surface area (Å²) in [6.45, 7) is 14.1. The lowest BCUT2D eigenvalue weighted by molar-refractivity contribution is -0.433. The molecule has 228 valence electrons. The first-order chi connectivity index (χ1) is 20.7. The van der Waals surface area contributed by atoms with Crippen LogP contribution in [0.1, 0.15) is 68.7 Å². The number of allylic oxidation sites excluding steroid dienone is 6. The number of likely N-dealkylation sites (N-methyl/N-ethyl adjacent to an activating group) is 1. The maximum absolute atomic E-state index is 11.9. The minimum atomic E-state index is -4.35. The Kier molecular flexibility index (Phi) is 7.99. The molecule has 3 aromatic rings. The number of anilines is 1. The second-order valence-corrected chi connectivity index (χ2v) is 13.5. The normalized spacial score (nSPS) is 18.3. The number of nitrogens with zero attached hydrogens (tertiary/aromatic N) is 3. The van der Waals surface area contributed by atoms with Crippen molar-refractivity contribution in [3.8, 4) is 0 Å². The lowest BCUT2D eigenvalue weighted by Gasteiger charge is -2.26. The number of hydrogen-bond donors (Lipinski definition) is 2. The van der Waals surface area contributed by atoms with Gasteiger partial charge in [0, 0.05) is 52.8 Å². The van der Waals surface area contributed by atoms with E-state index in [0.29, 0.717) is 12.2 Å². The summed E-state index contributed by atoms with van der Waals surface area (Å²) in [6.07, 6.45) is 9.48. The molecule has 2 aliphatic rings. The van der Waals surface area contributed by atoms with E-state index >= 15 is 0 Å². The first-order valence-electron chi connectivity index (χ1n) is 14.7. The zero-order chi connectivity index (χ0) is 32.0. The average Bonchev–Trinajstić information content (AvgIpc) is 3.34. The lowest BCUT2D eigenvalue weighted by Crippen LogP contribution is -2.27. The van der Waals surface area contributed by atoms with E-state index in [1.54, 1.807) is 24.3 Å². The molecular formula is C35H38N3O5S+. The number of fused-ring (bicyclic) bond motifs is 2. The van der Waals surface area contributed by atoms with Gasteiger partial charge in [-0.25, -0.2) is 4.79 Å². The van der Waals surface area contributed by atoms with Crippen molar-refractivity contribution in [1.82, 2.24) is 4.98 Å². The number of aromatic nitrogens is 1. The molecule has 3 heterocycles. The van der Waals surface area contributed by atoms with Crippen LogP contribution in [0.3, 0.4) is 0 Å². The van der Waals surface area contributed by atoms with E-state index in [-0.39, 0.29) is 15.9 Å². The number of carboxylic acid groups (broad SMARTS) is 1. The van der Waals surface area contributed by atoms with Crippen molar-refractivity contribution in [2.45, 2.75) is 57.3 Å². The summed E-state index contributed by atoms with van der Waals surface area (Å²) in [6, 6.07) is 16.4. The zero-order valence-electron chi connectivity index (χ0n) is 25.9. The highest BCUT2D eigenvalue weighted by molar-refractivity contribution is 7.85. The molecule has 0 fully saturated rings. The van der Waals surface area contributed by atoms with Crippen molar-refractivity contribution in [3.05, 3.63) is 113 Å². The second-order valence-electron chi connectivity index (χ2n) is 12.0. The fourth-order valence-electron chi connectivity index (χ4n) is 6.39. The molecule has 44 heavy (non-hydrogen) atoms.